The number of rotatable bonds is 7. The van der Waals surface area contributed by atoms with Crippen molar-refractivity contribution in [2.45, 2.75) is 24.3 Å². The molecule has 0 aliphatic heterocycles. The van der Waals surface area contributed by atoms with Crippen LogP contribution >= 0.6 is 11.5 Å². The highest BCUT2D eigenvalue weighted by molar-refractivity contribution is 7.93. The molecule has 0 radical (unpaired) electrons. The van der Waals surface area contributed by atoms with Gasteiger partial charge in [0.05, 0.1) is 11.7 Å². The third-order valence-electron chi connectivity index (χ3n) is 3.83. The highest BCUT2D eigenvalue weighted by Gasteiger charge is 2.24. The lowest BCUT2D eigenvalue weighted by atomic mass is 10.0. The molecule has 0 bridgehead atoms. The zero-order valence-electron chi connectivity index (χ0n) is 14.2. The first-order valence-corrected chi connectivity index (χ1v) is 10.3. The summed E-state index contributed by atoms with van der Waals surface area (Å²) in [6, 6.07) is 10.6. The van der Waals surface area contributed by atoms with Gasteiger partial charge in [0.25, 0.3) is 10.0 Å². The molecule has 1 unspecified atom stereocenters. The molecule has 0 saturated heterocycles. The van der Waals surface area contributed by atoms with Crippen LogP contribution in [-0.2, 0) is 10.0 Å². The van der Waals surface area contributed by atoms with Gasteiger partial charge in [-0.05, 0) is 18.1 Å². The van der Waals surface area contributed by atoms with Gasteiger partial charge in [-0.2, -0.15) is 4.37 Å². The molecule has 6 nitrogen and oxygen atoms in total. The Morgan fingerprint density at radius 2 is 1.89 bits per heavy atom. The van der Waals surface area contributed by atoms with Gasteiger partial charge in [-0.25, -0.2) is 22.2 Å². The van der Waals surface area contributed by atoms with E-state index < -0.39 is 26.6 Å². The minimum atomic E-state index is -4.32. The fraction of sp³-hybridized carbons (Fsp3) is 0.176. The minimum Gasteiger partial charge on any atom is -0.376 e. The maximum Gasteiger partial charge on any atom is 0.266 e. The lowest BCUT2D eigenvalue weighted by molar-refractivity contribution is 0.555. The molecule has 0 amide bonds. The lowest BCUT2D eigenvalue weighted by Crippen LogP contribution is -2.16. The van der Waals surface area contributed by atoms with Gasteiger partial charge in [-0.15, -0.1) is 0 Å². The molecule has 1 atom stereocenters. The van der Waals surface area contributed by atoms with Crippen LogP contribution in [0.15, 0.2) is 53.7 Å². The summed E-state index contributed by atoms with van der Waals surface area (Å²) in [5, 5.41) is 2.89. The van der Waals surface area contributed by atoms with Crippen molar-refractivity contribution in [1.82, 2.24) is 9.36 Å². The summed E-state index contributed by atoms with van der Waals surface area (Å²) in [5.41, 5.74) is 0.799. The van der Waals surface area contributed by atoms with Crippen molar-refractivity contribution in [1.29, 1.82) is 0 Å². The van der Waals surface area contributed by atoms with Crippen LogP contribution in [-0.4, -0.2) is 17.8 Å². The SMILES string of the molecule is CCC(Nc1cc(F)c(S(=O)(=O)Nc2ncns2)cc1F)c1ccccc1. The number of aromatic nitrogens is 2. The quantitative estimate of drug-likeness (QED) is 0.610. The van der Waals surface area contributed by atoms with Gasteiger partial charge in [0.15, 0.2) is 0 Å². The second-order valence-electron chi connectivity index (χ2n) is 5.63. The van der Waals surface area contributed by atoms with E-state index in [2.05, 4.69) is 19.4 Å². The van der Waals surface area contributed by atoms with Crippen molar-refractivity contribution < 1.29 is 17.2 Å². The maximum atomic E-state index is 14.5. The number of hydrogen-bond acceptors (Lipinski definition) is 6. The molecule has 1 heterocycles. The summed E-state index contributed by atoms with van der Waals surface area (Å²) in [4.78, 5) is 2.87. The van der Waals surface area contributed by atoms with Crippen LogP contribution in [0.4, 0.5) is 19.6 Å². The fourth-order valence-electron chi connectivity index (χ4n) is 2.53. The van der Waals surface area contributed by atoms with Crippen LogP contribution in [0.25, 0.3) is 0 Å². The molecule has 0 aliphatic rings. The van der Waals surface area contributed by atoms with Gasteiger partial charge < -0.3 is 5.32 Å². The molecule has 1 aromatic heterocycles. The monoisotopic (exact) mass is 410 g/mol. The number of halogens is 2. The Hall–Kier alpha value is -2.59. The van der Waals surface area contributed by atoms with Crippen molar-refractivity contribution in [2.24, 2.45) is 0 Å². The number of hydrogen-bond donors (Lipinski definition) is 2. The Morgan fingerprint density at radius 3 is 2.52 bits per heavy atom. The molecule has 10 heteroatoms. The third-order valence-corrected chi connectivity index (χ3v) is 5.90. The van der Waals surface area contributed by atoms with Crippen molar-refractivity contribution in [2.75, 3.05) is 10.0 Å². The zero-order valence-corrected chi connectivity index (χ0v) is 15.8. The van der Waals surface area contributed by atoms with Crippen LogP contribution in [0.3, 0.4) is 0 Å². The average molecular weight is 410 g/mol. The van der Waals surface area contributed by atoms with E-state index in [1.807, 2.05) is 37.3 Å². The van der Waals surface area contributed by atoms with Crippen molar-refractivity contribution >= 4 is 32.4 Å². The van der Waals surface area contributed by atoms with Gasteiger partial charge >= 0.3 is 0 Å². The molecular formula is C17H16F2N4O2S2. The summed E-state index contributed by atoms with van der Waals surface area (Å²) in [6.45, 7) is 1.91. The fourth-order valence-corrected chi connectivity index (χ4v) is 4.26. The normalized spacial score (nSPS) is 12.6. The van der Waals surface area contributed by atoms with Crippen LogP contribution in [0.1, 0.15) is 24.9 Å². The summed E-state index contributed by atoms with van der Waals surface area (Å²) < 4.78 is 59.2. The number of anilines is 2. The topological polar surface area (TPSA) is 84.0 Å². The van der Waals surface area contributed by atoms with Crippen LogP contribution < -0.4 is 10.0 Å². The Labute approximate surface area is 159 Å². The predicted octanol–water partition coefficient (Wildman–Crippen LogP) is 4.18. The van der Waals surface area contributed by atoms with Crippen LogP contribution in [0, 0.1) is 11.6 Å². The molecular weight excluding hydrogens is 394 g/mol. The van der Waals surface area contributed by atoms with E-state index in [9.17, 15) is 17.2 Å². The first-order chi connectivity index (χ1) is 12.9. The van der Waals surface area contributed by atoms with E-state index in [-0.39, 0.29) is 16.9 Å². The lowest BCUT2D eigenvalue weighted by Gasteiger charge is -2.20. The number of sulfonamides is 1. The molecule has 2 aromatic carbocycles. The molecule has 0 aliphatic carbocycles. The smallest absolute Gasteiger partial charge is 0.266 e. The van der Waals surface area contributed by atoms with Crippen molar-refractivity contribution in [3.05, 3.63) is 66.0 Å². The van der Waals surface area contributed by atoms with Gasteiger partial charge in [0.2, 0.25) is 5.13 Å². The van der Waals surface area contributed by atoms with E-state index in [1.54, 1.807) is 0 Å². The number of nitrogens with one attached hydrogen (secondary N) is 2. The molecule has 142 valence electrons. The first kappa shape index (κ1) is 19.2. The Bertz CT molecular complexity index is 1010. The van der Waals surface area contributed by atoms with Gasteiger partial charge in [0, 0.05) is 17.6 Å². The second-order valence-corrected chi connectivity index (χ2v) is 8.06. The molecule has 3 aromatic rings. The summed E-state index contributed by atoms with van der Waals surface area (Å²) in [6.07, 6.45) is 1.78. The van der Waals surface area contributed by atoms with Gasteiger partial charge in [-0.1, -0.05) is 37.3 Å². The summed E-state index contributed by atoms with van der Waals surface area (Å²) in [5.74, 6) is -1.94. The third kappa shape index (κ3) is 4.40. The highest BCUT2D eigenvalue weighted by Crippen LogP contribution is 2.28. The molecule has 0 fully saturated rings. The van der Waals surface area contributed by atoms with E-state index in [0.717, 1.165) is 29.5 Å². The second kappa shape index (κ2) is 7.97. The van der Waals surface area contributed by atoms with E-state index in [1.165, 1.54) is 0 Å². The molecule has 2 N–H and O–H groups in total. The zero-order chi connectivity index (χ0) is 19.4. The molecule has 27 heavy (non-hydrogen) atoms. The molecule has 3 rings (SSSR count). The van der Waals surface area contributed by atoms with Crippen molar-refractivity contribution in [3.63, 3.8) is 0 Å². The van der Waals surface area contributed by atoms with Crippen LogP contribution in [0.5, 0.6) is 0 Å². The summed E-state index contributed by atoms with van der Waals surface area (Å²) >= 11 is 0.787. The van der Waals surface area contributed by atoms with Gasteiger partial charge in [0.1, 0.15) is 22.9 Å². The van der Waals surface area contributed by atoms with E-state index >= 15 is 0 Å². The molecule has 0 saturated carbocycles. The molecule has 0 spiro atoms. The Balaban J connectivity index is 1.88. The van der Waals surface area contributed by atoms with E-state index in [0.29, 0.717) is 12.5 Å². The van der Waals surface area contributed by atoms with Crippen LogP contribution in [0.2, 0.25) is 0 Å². The Morgan fingerprint density at radius 1 is 1.15 bits per heavy atom. The number of benzene rings is 2. The Kier molecular flexibility index (Phi) is 5.66. The maximum absolute atomic E-state index is 14.5. The van der Waals surface area contributed by atoms with Crippen molar-refractivity contribution in [3.8, 4) is 0 Å². The number of nitrogens with zero attached hydrogens (tertiary/aromatic N) is 2. The summed E-state index contributed by atoms with van der Waals surface area (Å²) in [7, 11) is -4.32. The van der Waals surface area contributed by atoms with Gasteiger partial charge in [-0.3, -0.25) is 4.72 Å². The largest absolute Gasteiger partial charge is 0.376 e. The van der Waals surface area contributed by atoms with E-state index in [4.69, 9.17) is 0 Å². The first-order valence-electron chi connectivity index (χ1n) is 8.00. The minimum absolute atomic E-state index is 0.0351. The predicted molar refractivity (Wildman–Crippen MR) is 100 cm³/mol. The highest BCUT2D eigenvalue weighted by atomic mass is 32.2. The average Bonchev–Trinajstić information content (AvgIpc) is 3.15. The standard InChI is InChI=1S/C17H16F2N4O2S2/c1-2-14(11-6-4-3-5-7-11)22-15-8-13(19)16(9-12(15)18)27(24,25)23-17-20-10-21-26-17/h3-10,14,22H,2H2,1H3,(H,20,21,23).